The molecule has 146 valence electrons. The molecule has 0 aliphatic carbocycles. The molecule has 0 bridgehead atoms. The second-order valence-corrected chi connectivity index (χ2v) is 9.04. The molecule has 8 heteroatoms. The number of thioether (sulfide) groups is 1. The van der Waals surface area contributed by atoms with Crippen LogP contribution in [0.3, 0.4) is 0 Å². The number of aromatic nitrogens is 2. The maximum absolute atomic E-state index is 12.3. The predicted molar refractivity (Wildman–Crippen MR) is 116 cm³/mol. The van der Waals surface area contributed by atoms with Crippen LogP contribution in [0.4, 0.5) is 0 Å². The fourth-order valence-electron chi connectivity index (χ4n) is 2.50. The number of nitrogens with zero attached hydrogens (tertiary/aromatic N) is 2. The van der Waals surface area contributed by atoms with Crippen LogP contribution < -0.4 is 10.9 Å². The van der Waals surface area contributed by atoms with Crippen molar-refractivity contribution >= 4 is 40.6 Å². The first kappa shape index (κ1) is 20.6. The van der Waals surface area contributed by atoms with Crippen LogP contribution in [0.15, 0.2) is 57.7 Å². The normalized spacial score (nSPS) is 12.0. The Morgan fingerprint density at radius 3 is 2.86 bits per heavy atom. The van der Waals surface area contributed by atoms with Crippen molar-refractivity contribution in [3.05, 3.63) is 73.7 Å². The Hall–Kier alpha value is -2.09. The van der Waals surface area contributed by atoms with Gasteiger partial charge in [0, 0.05) is 22.5 Å². The van der Waals surface area contributed by atoms with Crippen LogP contribution in [0.2, 0.25) is 5.02 Å². The molecule has 0 aliphatic heterocycles. The van der Waals surface area contributed by atoms with Gasteiger partial charge in [0.15, 0.2) is 0 Å². The summed E-state index contributed by atoms with van der Waals surface area (Å²) in [5, 5.41) is 10.2. The average molecular weight is 434 g/mol. The predicted octanol–water partition coefficient (Wildman–Crippen LogP) is 4.10. The molecule has 0 radical (unpaired) electrons. The molecule has 0 unspecified atom stereocenters. The lowest BCUT2D eigenvalue weighted by Gasteiger charge is -2.12. The summed E-state index contributed by atoms with van der Waals surface area (Å²) in [7, 11) is 0. The molecule has 2 heterocycles. The maximum atomic E-state index is 12.3. The van der Waals surface area contributed by atoms with Crippen molar-refractivity contribution in [3.63, 3.8) is 0 Å². The van der Waals surface area contributed by atoms with E-state index in [-0.39, 0.29) is 16.7 Å². The van der Waals surface area contributed by atoms with Crippen molar-refractivity contribution in [2.75, 3.05) is 6.54 Å². The summed E-state index contributed by atoms with van der Waals surface area (Å²) in [6, 6.07) is 12.5. The van der Waals surface area contributed by atoms with E-state index in [1.165, 1.54) is 27.4 Å². The van der Waals surface area contributed by atoms with Gasteiger partial charge in [-0.25, -0.2) is 0 Å². The van der Waals surface area contributed by atoms with Crippen molar-refractivity contribution in [2.45, 2.75) is 30.5 Å². The van der Waals surface area contributed by atoms with Crippen LogP contribution >= 0.6 is 34.7 Å². The minimum atomic E-state index is -0.330. The number of rotatable bonds is 7. The Morgan fingerprint density at radius 2 is 2.14 bits per heavy atom. The van der Waals surface area contributed by atoms with E-state index in [0.717, 1.165) is 12.0 Å². The Bertz CT molecular complexity index is 1020. The van der Waals surface area contributed by atoms with E-state index in [9.17, 15) is 9.59 Å². The summed E-state index contributed by atoms with van der Waals surface area (Å²) < 4.78 is 1.30. The lowest BCUT2D eigenvalue weighted by atomic mass is 10.2. The molecule has 0 saturated heterocycles. The zero-order valence-electron chi connectivity index (χ0n) is 15.5. The van der Waals surface area contributed by atoms with Crippen LogP contribution in [-0.4, -0.2) is 27.5 Å². The highest BCUT2D eigenvalue weighted by molar-refractivity contribution is 8.00. The van der Waals surface area contributed by atoms with E-state index in [2.05, 4.69) is 16.5 Å². The minimum Gasteiger partial charge on any atom is -0.355 e. The van der Waals surface area contributed by atoms with E-state index in [0.29, 0.717) is 22.3 Å². The summed E-state index contributed by atoms with van der Waals surface area (Å²) in [5.74, 6) is -0.0560. The fraction of sp³-hybridized carbons (Fsp3) is 0.250. The molecule has 28 heavy (non-hydrogen) atoms. The first-order chi connectivity index (χ1) is 13.4. The average Bonchev–Trinajstić information content (AvgIpc) is 3.19. The van der Waals surface area contributed by atoms with Crippen LogP contribution in [0, 0.1) is 6.92 Å². The van der Waals surface area contributed by atoms with Gasteiger partial charge in [-0.2, -0.15) is 9.78 Å². The zero-order chi connectivity index (χ0) is 20.1. The summed E-state index contributed by atoms with van der Waals surface area (Å²) in [6.07, 6.45) is 0.818. The van der Waals surface area contributed by atoms with Gasteiger partial charge in [0.25, 0.3) is 5.56 Å². The highest BCUT2D eigenvalue weighted by atomic mass is 35.5. The molecule has 5 nitrogen and oxygen atoms in total. The number of halogens is 1. The van der Waals surface area contributed by atoms with E-state index >= 15 is 0 Å². The highest BCUT2D eigenvalue weighted by Crippen LogP contribution is 2.22. The summed E-state index contributed by atoms with van der Waals surface area (Å²) in [5.41, 5.74) is 1.27. The third-order valence-corrected chi connectivity index (χ3v) is 6.46. The summed E-state index contributed by atoms with van der Waals surface area (Å²) in [6.45, 7) is 4.32. The molecule has 1 atom stereocenters. The lowest BCUT2D eigenvalue weighted by molar-refractivity contribution is -0.120. The SMILES string of the molecule is Cc1ccc(-n2nc(S[C@H](C)C(=O)NCCc3cccs3)ccc2=O)cc1Cl. The summed E-state index contributed by atoms with van der Waals surface area (Å²) >= 11 is 9.16. The Morgan fingerprint density at radius 1 is 1.32 bits per heavy atom. The molecule has 1 N–H and O–H groups in total. The molecule has 0 aliphatic rings. The third kappa shape index (κ3) is 5.25. The van der Waals surface area contributed by atoms with Crippen molar-refractivity contribution in [3.8, 4) is 5.69 Å². The van der Waals surface area contributed by atoms with Gasteiger partial charge in [0.2, 0.25) is 5.91 Å². The van der Waals surface area contributed by atoms with E-state index in [1.807, 2.05) is 31.4 Å². The van der Waals surface area contributed by atoms with Crippen LogP contribution in [0.25, 0.3) is 5.69 Å². The smallest absolute Gasteiger partial charge is 0.271 e. The topological polar surface area (TPSA) is 64.0 Å². The van der Waals surface area contributed by atoms with Crippen LogP contribution in [0.1, 0.15) is 17.4 Å². The van der Waals surface area contributed by atoms with Gasteiger partial charge in [-0.05, 0) is 55.5 Å². The van der Waals surface area contributed by atoms with E-state index in [4.69, 9.17) is 11.6 Å². The number of amides is 1. The van der Waals surface area contributed by atoms with Crippen molar-refractivity contribution in [1.29, 1.82) is 0 Å². The standard InChI is InChI=1S/C20H20ClN3O2S2/c1-13-5-6-15(12-17(13)21)24-19(25)8-7-18(23-24)28-14(2)20(26)22-10-9-16-4-3-11-27-16/h3-8,11-12,14H,9-10H2,1-2H3,(H,22,26)/t14-/m1/s1. The maximum Gasteiger partial charge on any atom is 0.271 e. The molecule has 1 amide bonds. The second-order valence-electron chi connectivity index (χ2n) is 6.24. The molecular formula is C20H20ClN3O2S2. The number of nitrogens with one attached hydrogen (secondary N) is 1. The van der Waals surface area contributed by atoms with Crippen molar-refractivity contribution in [1.82, 2.24) is 15.1 Å². The third-order valence-electron chi connectivity index (χ3n) is 4.09. The van der Waals surface area contributed by atoms with E-state index < -0.39 is 0 Å². The van der Waals surface area contributed by atoms with Gasteiger partial charge in [-0.15, -0.1) is 11.3 Å². The van der Waals surface area contributed by atoms with Gasteiger partial charge in [0.1, 0.15) is 5.03 Å². The first-order valence-corrected chi connectivity index (χ1v) is 10.9. The number of benzene rings is 1. The number of hydrogen-bond acceptors (Lipinski definition) is 5. The Labute approximate surface area is 176 Å². The van der Waals surface area contributed by atoms with Crippen molar-refractivity contribution < 1.29 is 4.79 Å². The molecule has 0 saturated carbocycles. The first-order valence-electron chi connectivity index (χ1n) is 8.77. The second kappa shape index (κ2) is 9.41. The minimum absolute atomic E-state index is 0.0560. The van der Waals surface area contributed by atoms with Crippen LogP contribution in [0.5, 0.6) is 0 Å². The molecule has 3 aromatic rings. The van der Waals surface area contributed by atoms with Gasteiger partial charge >= 0.3 is 0 Å². The fourth-order valence-corrected chi connectivity index (χ4v) is 4.21. The molecular weight excluding hydrogens is 414 g/mol. The highest BCUT2D eigenvalue weighted by Gasteiger charge is 2.16. The summed E-state index contributed by atoms with van der Waals surface area (Å²) in [4.78, 5) is 25.8. The zero-order valence-corrected chi connectivity index (χ0v) is 17.9. The van der Waals surface area contributed by atoms with Gasteiger partial charge in [-0.3, -0.25) is 9.59 Å². The number of aryl methyl sites for hydroxylation is 1. The Balaban J connectivity index is 1.65. The number of carbonyl (C=O) groups excluding carboxylic acids is 1. The van der Waals surface area contributed by atoms with Crippen molar-refractivity contribution in [2.24, 2.45) is 0 Å². The van der Waals surface area contributed by atoms with E-state index in [1.54, 1.807) is 29.5 Å². The van der Waals surface area contributed by atoms with Crippen LogP contribution in [-0.2, 0) is 11.2 Å². The van der Waals surface area contributed by atoms with Gasteiger partial charge in [-0.1, -0.05) is 35.5 Å². The quantitative estimate of drug-likeness (QED) is 0.570. The number of thiophene rings is 1. The Kier molecular flexibility index (Phi) is 6.93. The van der Waals surface area contributed by atoms with Gasteiger partial charge < -0.3 is 5.32 Å². The number of hydrogen-bond donors (Lipinski definition) is 1. The monoisotopic (exact) mass is 433 g/mol. The number of carbonyl (C=O) groups is 1. The molecule has 3 rings (SSSR count). The lowest BCUT2D eigenvalue weighted by Crippen LogP contribution is -2.32. The molecule has 0 fully saturated rings. The molecule has 1 aromatic carbocycles. The molecule has 0 spiro atoms. The largest absolute Gasteiger partial charge is 0.355 e. The molecule has 2 aromatic heterocycles. The van der Waals surface area contributed by atoms with Gasteiger partial charge in [0.05, 0.1) is 10.9 Å².